The highest BCUT2D eigenvalue weighted by Gasteiger charge is 2.40. The molecule has 2 rings (SSSR count). The summed E-state index contributed by atoms with van der Waals surface area (Å²) >= 11 is 0. The van der Waals surface area contributed by atoms with Crippen molar-refractivity contribution in [2.75, 3.05) is 18.6 Å². The highest BCUT2D eigenvalue weighted by Crippen LogP contribution is 2.39. The van der Waals surface area contributed by atoms with Gasteiger partial charge in [0.2, 0.25) is 0 Å². The lowest BCUT2D eigenvalue weighted by molar-refractivity contribution is -0.388. The molecule has 6 nitrogen and oxygen atoms in total. The van der Waals surface area contributed by atoms with Gasteiger partial charge >= 0.3 is 12.1 Å². The standard InChI is InChI=1S/C13H13F3N2O4/c1-22-12(19)11-3-2-6-17(11)8-4-5-10(18(20)21)9(7-8)13(14,15)16/h4-5,7,11H,2-3,6H2,1H3. The second-order valence-electron chi connectivity index (χ2n) is 4.83. The zero-order valence-corrected chi connectivity index (χ0v) is 11.6. The number of halogens is 3. The molecular formula is C13H13F3N2O4. The average molecular weight is 318 g/mol. The number of nitro groups is 1. The molecule has 1 heterocycles. The summed E-state index contributed by atoms with van der Waals surface area (Å²) in [7, 11) is 1.20. The van der Waals surface area contributed by atoms with E-state index >= 15 is 0 Å². The van der Waals surface area contributed by atoms with Crippen LogP contribution in [0.3, 0.4) is 0 Å². The quantitative estimate of drug-likeness (QED) is 0.487. The van der Waals surface area contributed by atoms with Gasteiger partial charge in [-0.1, -0.05) is 0 Å². The molecule has 9 heteroatoms. The topological polar surface area (TPSA) is 72.7 Å². The number of rotatable bonds is 3. The molecule has 1 unspecified atom stereocenters. The van der Waals surface area contributed by atoms with Crippen LogP contribution in [0.2, 0.25) is 0 Å². The fourth-order valence-electron chi connectivity index (χ4n) is 2.55. The molecule has 0 aliphatic carbocycles. The van der Waals surface area contributed by atoms with Crippen molar-refractivity contribution in [3.63, 3.8) is 0 Å². The van der Waals surface area contributed by atoms with Crippen molar-refractivity contribution in [3.8, 4) is 0 Å². The summed E-state index contributed by atoms with van der Waals surface area (Å²) in [4.78, 5) is 22.8. The minimum atomic E-state index is -4.85. The number of methoxy groups -OCH3 is 1. The Morgan fingerprint density at radius 3 is 2.68 bits per heavy atom. The Hall–Kier alpha value is -2.32. The lowest BCUT2D eigenvalue weighted by Gasteiger charge is -2.25. The van der Waals surface area contributed by atoms with Gasteiger partial charge in [-0.2, -0.15) is 13.2 Å². The van der Waals surface area contributed by atoms with Gasteiger partial charge in [0.05, 0.1) is 12.0 Å². The zero-order valence-electron chi connectivity index (χ0n) is 11.6. The molecule has 0 bridgehead atoms. The first-order valence-corrected chi connectivity index (χ1v) is 6.46. The first kappa shape index (κ1) is 16.1. The van der Waals surface area contributed by atoms with Gasteiger partial charge in [0.1, 0.15) is 11.6 Å². The zero-order chi connectivity index (χ0) is 16.5. The second kappa shape index (κ2) is 5.82. The number of esters is 1. The van der Waals surface area contributed by atoms with Crippen LogP contribution in [0.4, 0.5) is 24.5 Å². The average Bonchev–Trinajstić information content (AvgIpc) is 2.94. The Morgan fingerprint density at radius 2 is 2.14 bits per heavy atom. The third-order valence-corrected chi connectivity index (χ3v) is 3.54. The molecule has 120 valence electrons. The molecule has 0 amide bonds. The third kappa shape index (κ3) is 2.97. The van der Waals surface area contributed by atoms with Crippen LogP contribution in [0.25, 0.3) is 0 Å². The number of anilines is 1. The Labute approximate surface area is 123 Å². The van der Waals surface area contributed by atoms with Crippen molar-refractivity contribution >= 4 is 17.3 Å². The summed E-state index contributed by atoms with van der Waals surface area (Å²) in [6.07, 6.45) is -3.76. The minimum absolute atomic E-state index is 0.117. The lowest BCUT2D eigenvalue weighted by atomic mass is 10.1. The van der Waals surface area contributed by atoms with Crippen molar-refractivity contribution in [2.24, 2.45) is 0 Å². The SMILES string of the molecule is COC(=O)C1CCCN1c1ccc([N+](=O)[O-])c(C(F)(F)F)c1. The monoisotopic (exact) mass is 318 g/mol. The van der Waals surface area contributed by atoms with Crippen molar-refractivity contribution in [1.82, 2.24) is 0 Å². The third-order valence-electron chi connectivity index (χ3n) is 3.54. The maximum Gasteiger partial charge on any atom is 0.423 e. The molecule has 1 aliphatic rings. The summed E-state index contributed by atoms with van der Waals surface area (Å²) < 4.78 is 43.6. The summed E-state index contributed by atoms with van der Waals surface area (Å²) in [6, 6.07) is 2.06. The van der Waals surface area contributed by atoms with E-state index in [1.807, 2.05) is 0 Å². The number of alkyl halides is 3. The molecule has 1 aliphatic heterocycles. The van der Waals surface area contributed by atoms with Gasteiger partial charge in [-0.15, -0.1) is 0 Å². The number of nitro benzene ring substituents is 1. The van der Waals surface area contributed by atoms with Gasteiger partial charge in [0.25, 0.3) is 5.69 Å². The van der Waals surface area contributed by atoms with Crippen LogP contribution < -0.4 is 4.90 Å². The summed E-state index contributed by atoms with van der Waals surface area (Å²) in [6.45, 7) is 0.384. The van der Waals surface area contributed by atoms with Gasteiger partial charge in [-0.3, -0.25) is 10.1 Å². The Morgan fingerprint density at radius 1 is 1.45 bits per heavy atom. The van der Waals surface area contributed by atoms with Crippen LogP contribution >= 0.6 is 0 Å². The predicted octanol–water partition coefficient (Wildman–Crippen LogP) is 2.76. The largest absolute Gasteiger partial charge is 0.467 e. The molecule has 0 aromatic heterocycles. The van der Waals surface area contributed by atoms with Crippen LogP contribution in [0, 0.1) is 10.1 Å². The Bertz CT molecular complexity index is 603. The van der Waals surface area contributed by atoms with Gasteiger partial charge in [-0.25, -0.2) is 4.79 Å². The number of hydrogen-bond donors (Lipinski definition) is 0. The molecule has 1 saturated heterocycles. The summed E-state index contributed by atoms with van der Waals surface area (Å²) in [5.41, 5.74) is -2.22. The van der Waals surface area contributed by atoms with E-state index in [-0.39, 0.29) is 5.69 Å². The van der Waals surface area contributed by atoms with Crippen molar-refractivity contribution in [3.05, 3.63) is 33.9 Å². The minimum Gasteiger partial charge on any atom is -0.467 e. The smallest absolute Gasteiger partial charge is 0.423 e. The van der Waals surface area contributed by atoms with Crippen LogP contribution in [0.5, 0.6) is 0 Å². The fourth-order valence-corrected chi connectivity index (χ4v) is 2.55. The molecule has 1 fully saturated rings. The van der Waals surface area contributed by atoms with E-state index < -0.39 is 34.4 Å². The lowest BCUT2D eigenvalue weighted by Crippen LogP contribution is -2.37. The number of nitrogens with zero attached hydrogens (tertiary/aromatic N) is 2. The molecule has 0 spiro atoms. The van der Waals surface area contributed by atoms with Crippen molar-refractivity contribution in [2.45, 2.75) is 25.1 Å². The van der Waals surface area contributed by atoms with Crippen LogP contribution in [-0.2, 0) is 15.7 Å². The van der Waals surface area contributed by atoms with Crippen LogP contribution in [-0.4, -0.2) is 30.6 Å². The fraction of sp³-hybridized carbons (Fsp3) is 0.462. The van der Waals surface area contributed by atoms with Gasteiger partial charge in [0.15, 0.2) is 0 Å². The van der Waals surface area contributed by atoms with E-state index in [1.54, 1.807) is 0 Å². The summed E-state index contributed by atoms with van der Waals surface area (Å²) in [5, 5.41) is 10.7. The Kier molecular flexibility index (Phi) is 4.25. The first-order chi connectivity index (χ1) is 10.3. The summed E-state index contributed by atoms with van der Waals surface area (Å²) in [5.74, 6) is -0.538. The van der Waals surface area contributed by atoms with Gasteiger partial charge in [0, 0.05) is 18.3 Å². The van der Waals surface area contributed by atoms with E-state index in [0.29, 0.717) is 25.5 Å². The van der Waals surface area contributed by atoms with Gasteiger partial charge in [-0.05, 0) is 25.0 Å². The molecule has 1 aromatic carbocycles. The first-order valence-electron chi connectivity index (χ1n) is 6.46. The number of carbonyl (C=O) groups is 1. The van der Waals surface area contributed by atoms with E-state index in [2.05, 4.69) is 4.74 Å². The molecule has 0 saturated carbocycles. The predicted molar refractivity (Wildman–Crippen MR) is 70.5 cm³/mol. The highest BCUT2D eigenvalue weighted by atomic mass is 19.4. The van der Waals surface area contributed by atoms with Crippen LogP contribution in [0.15, 0.2) is 18.2 Å². The maximum atomic E-state index is 13.0. The van der Waals surface area contributed by atoms with E-state index in [4.69, 9.17) is 0 Å². The van der Waals surface area contributed by atoms with Crippen molar-refractivity contribution in [1.29, 1.82) is 0 Å². The molecule has 1 atom stereocenters. The van der Waals surface area contributed by atoms with E-state index in [0.717, 1.165) is 6.07 Å². The van der Waals surface area contributed by atoms with Crippen molar-refractivity contribution < 1.29 is 27.6 Å². The highest BCUT2D eigenvalue weighted by molar-refractivity contribution is 5.81. The molecule has 22 heavy (non-hydrogen) atoms. The van der Waals surface area contributed by atoms with Gasteiger partial charge < -0.3 is 9.64 Å². The maximum absolute atomic E-state index is 13.0. The Balaban J connectivity index is 2.44. The molecule has 0 N–H and O–H groups in total. The number of ether oxygens (including phenoxy) is 1. The second-order valence-corrected chi connectivity index (χ2v) is 4.83. The number of benzene rings is 1. The molecule has 1 aromatic rings. The number of carbonyl (C=O) groups excluding carboxylic acids is 1. The molecule has 0 radical (unpaired) electrons. The molecular weight excluding hydrogens is 305 g/mol. The van der Waals surface area contributed by atoms with E-state index in [1.165, 1.54) is 18.1 Å². The van der Waals surface area contributed by atoms with E-state index in [9.17, 15) is 28.1 Å². The number of hydrogen-bond acceptors (Lipinski definition) is 5. The van der Waals surface area contributed by atoms with Crippen LogP contribution in [0.1, 0.15) is 18.4 Å². The normalized spacial score (nSPS) is 18.4.